The Kier molecular flexibility index (Phi) is 6.33. The van der Waals surface area contributed by atoms with Crippen molar-refractivity contribution in [1.29, 1.82) is 0 Å². The van der Waals surface area contributed by atoms with Crippen molar-refractivity contribution >= 4 is 51.9 Å². The highest BCUT2D eigenvalue weighted by Crippen LogP contribution is 2.36. The summed E-state index contributed by atoms with van der Waals surface area (Å²) in [4.78, 5) is 27.0. The highest BCUT2D eigenvalue weighted by molar-refractivity contribution is 8.26. The number of nitrogens with one attached hydrogen (secondary N) is 1. The summed E-state index contributed by atoms with van der Waals surface area (Å²) < 4.78 is 12.0. The molecule has 2 aliphatic rings. The molecule has 5 rings (SSSR count). The summed E-state index contributed by atoms with van der Waals surface area (Å²) in [6.07, 6.45) is 1.76. The normalized spacial score (nSPS) is 16.3. The Morgan fingerprint density at radius 3 is 2.65 bits per heavy atom. The summed E-state index contributed by atoms with van der Waals surface area (Å²) in [7, 11) is 0. The number of nitrogens with zero attached hydrogens (tertiary/aromatic N) is 1. The molecule has 2 amide bonds. The molecule has 0 bridgehead atoms. The highest BCUT2D eigenvalue weighted by Gasteiger charge is 2.27. The van der Waals surface area contributed by atoms with Gasteiger partial charge in [0.15, 0.2) is 6.61 Å². The SMILES string of the molecule is O=C1NC(=S)S/C1=C/c1ccc2c(c1)N(Cc1cccc(OCc3ccccc3)c1)C(=O)CO2. The zero-order valence-corrected chi connectivity index (χ0v) is 19.7. The number of rotatable bonds is 6. The molecule has 0 saturated carbocycles. The first-order valence-electron chi connectivity index (χ1n) is 10.6. The van der Waals surface area contributed by atoms with Crippen LogP contribution in [0.2, 0.25) is 0 Å². The van der Waals surface area contributed by atoms with Gasteiger partial charge in [-0.15, -0.1) is 0 Å². The molecule has 0 spiro atoms. The molecule has 34 heavy (non-hydrogen) atoms. The first kappa shape index (κ1) is 22.2. The topological polar surface area (TPSA) is 67.9 Å². The van der Waals surface area contributed by atoms with E-state index in [2.05, 4.69) is 5.32 Å². The average molecular weight is 489 g/mol. The lowest BCUT2D eigenvalue weighted by Gasteiger charge is -2.30. The second-order valence-corrected chi connectivity index (χ2v) is 9.49. The van der Waals surface area contributed by atoms with Gasteiger partial charge >= 0.3 is 0 Å². The van der Waals surface area contributed by atoms with Crippen molar-refractivity contribution in [2.24, 2.45) is 0 Å². The monoisotopic (exact) mass is 488 g/mol. The van der Waals surface area contributed by atoms with E-state index in [0.717, 1.165) is 22.4 Å². The molecule has 170 valence electrons. The number of fused-ring (bicyclic) bond motifs is 1. The largest absolute Gasteiger partial charge is 0.489 e. The molecule has 0 unspecified atom stereocenters. The standard InChI is InChI=1S/C26H20N2O4S2/c29-24-16-32-22-10-9-18(13-23-25(30)27-26(33)34-23)12-21(22)28(24)14-19-7-4-8-20(11-19)31-15-17-5-2-1-3-6-17/h1-13H,14-16H2,(H,27,30,33)/b23-13+. The lowest BCUT2D eigenvalue weighted by Crippen LogP contribution is -2.38. The van der Waals surface area contributed by atoms with Gasteiger partial charge in [-0.25, -0.2) is 0 Å². The predicted octanol–water partition coefficient (Wildman–Crippen LogP) is 4.68. The molecule has 1 N–H and O–H groups in total. The summed E-state index contributed by atoms with van der Waals surface area (Å²) in [6, 6.07) is 23.2. The van der Waals surface area contributed by atoms with Gasteiger partial charge in [0.25, 0.3) is 11.8 Å². The number of thioether (sulfide) groups is 1. The van der Waals surface area contributed by atoms with Gasteiger partial charge in [0.2, 0.25) is 0 Å². The zero-order chi connectivity index (χ0) is 23.5. The number of ether oxygens (including phenoxy) is 2. The number of anilines is 1. The number of thiocarbonyl (C=S) groups is 1. The average Bonchev–Trinajstić information content (AvgIpc) is 3.17. The minimum atomic E-state index is -0.218. The van der Waals surface area contributed by atoms with Gasteiger partial charge in [0, 0.05) is 0 Å². The molecule has 6 nitrogen and oxygen atoms in total. The molecule has 1 saturated heterocycles. The maximum atomic E-state index is 12.8. The van der Waals surface area contributed by atoms with Crippen LogP contribution in [-0.4, -0.2) is 22.7 Å². The summed E-state index contributed by atoms with van der Waals surface area (Å²) in [5.74, 6) is 1.00. The van der Waals surface area contributed by atoms with Crippen LogP contribution in [0.15, 0.2) is 77.7 Å². The highest BCUT2D eigenvalue weighted by atomic mass is 32.2. The molecule has 1 fully saturated rings. The van der Waals surface area contributed by atoms with E-state index < -0.39 is 0 Å². The molecule has 0 aliphatic carbocycles. The van der Waals surface area contributed by atoms with E-state index in [4.69, 9.17) is 21.7 Å². The van der Waals surface area contributed by atoms with Crippen LogP contribution in [0.4, 0.5) is 5.69 Å². The number of hydrogen-bond acceptors (Lipinski definition) is 6. The minimum Gasteiger partial charge on any atom is -0.489 e. The van der Waals surface area contributed by atoms with E-state index in [0.29, 0.717) is 33.8 Å². The van der Waals surface area contributed by atoms with E-state index in [9.17, 15) is 9.59 Å². The van der Waals surface area contributed by atoms with E-state index in [1.165, 1.54) is 11.8 Å². The van der Waals surface area contributed by atoms with Crippen LogP contribution in [0.1, 0.15) is 16.7 Å². The van der Waals surface area contributed by atoms with Crippen molar-refractivity contribution in [3.05, 3.63) is 94.4 Å². The van der Waals surface area contributed by atoms with Crippen LogP contribution in [0.3, 0.4) is 0 Å². The van der Waals surface area contributed by atoms with Crippen LogP contribution in [0, 0.1) is 0 Å². The Balaban J connectivity index is 1.37. The van der Waals surface area contributed by atoms with Crippen LogP contribution in [0.5, 0.6) is 11.5 Å². The molecule has 3 aromatic carbocycles. The van der Waals surface area contributed by atoms with E-state index in [1.807, 2.05) is 72.8 Å². The summed E-state index contributed by atoms with van der Waals surface area (Å²) in [5.41, 5.74) is 3.46. The van der Waals surface area contributed by atoms with Gasteiger partial charge < -0.3 is 19.7 Å². The number of hydrogen-bond donors (Lipinski definition) is 1. The molecular weight excluding hydrogens is 468 g/mol. The first-order chi connectivity index (χ1) is 16.5. The van der Waals surface area contributed by atoms with Gasteiger partial charge in [-0.1, -0.05) is 72.5 Å². The van der Waals surface area contributed by atoms with Gasteiger partial charge in [-0.3, -0.25) is 9.59 Å². The van der Waals surface area contributed by atoms with E-state index in [-0.39, 0.29) is 18.4 Å². The van der Waals surface area contributed by atoms with Gasteiger partial charge in [-0.2, -0.15) is 0 Å². The van der Waals surface area contributed by atoms with E-state index in [1.54, 1.807) is 11.0 Å². The maximum absolute atomic E-state index is 12.8. The Morgan fingerprint density at radius 1 is 1.03 bits per heavy atom. The molecule has 2 aliphatic heterocycles. The summed E-state index contributed by atoms with van der Waals surface area (Å²) in [6.45, 7) is 0.817. The number of amides is 2. The molecule has 0 aromatic heterocycles. The van der Waals surface area contributed by atoms with Crippen LogP contribution < -0.4 is 19.7 Å². The second-order valence-electron chi connectivity index (χ2n) is 7.77. The third-order valence-electron chi connectivity index (χ3n) is 5.35. The fraction of sp³-hybridized carbons (Fsp3) is 0.115. The van der Waals surface area contributed by atoms with Crippen molar-refractivity contribution in [2.45, 2.75) is 13.2 Å². The van der Waals surface area contributed by atoms with Gasteiger partial charge in [0.05, 0.1) is 17.1 Å². The second kappa shape index (κ2) is 9.70. The summed E-state index contributed by atoms with van der Waals surface area (Å²) >= 11 is 6.28. The molecule has 8 heteroatoms. The molecule has 0 radical (unpaired) electrons. The Morgan fingerprint density at radius 2 is 1.85 bits per heavy atom. The fourth-order valence-corrected chi connectivity index (χ4v) is 4.76. The van der Waals surface area contributed by atoms with Crippen LogP contribution >= 0.6 is 24.0 Å². The van der Waals surface area contributed by atoms with Gasteiger partial charge in [-0.05, 0) is 47.0 Å². The van der Waals surface area contributed by atoms with Crippen molar-refractivity contribution in [3.63, 3.8) is 0 Å². The van der Waals surface area contributed by atoms with Crippen molar-refractivity contribution < 1.29 is 19.1 Å². The van der Waals surface area contributed by atoms with Crippen molar-refractivity contribution in [1.82, 2.24) is 5.32 Å². The number of carbonyl (C=O) groups excluding carboxylic acids is 2. The summed E-state index contributed by atoms with van der Waals surface area (Å²) in [5, 5.41) is 2.61. The minimum absolute atomic E-state index is 0.0236. The fourth-order valence-electron chi connectivity index (χ4n) is 3.71. The smallest absolute Gasteiger partial charge is 0.265 e. The van der Waals surface area contributed by atoms with Gasteiger partial charge in [0.1, 0.15) is 22.4 Å². The quantitative estimate of drug-likeness (QED) is 0.402. The molecular formula is C26H20N2O4S2. The third-order valence-corrected chi connectivity index (χ3v) is 6.52. The Labute approximate surface area is 206 Å². The predicted molar refractivity (Wildman–Crippen MR) is 137 cm³/mol. The first-order valence-corrected chi connectivity index (χ1v) is 11.9. The zero-order valence-electron chi connectivity index (χ0n) is 18.0. The molecule has 0 atom stereocenters. The Hall–Kier alpha value is -3.62. The maximum Gasteiger partial charge on any atom is 0.265 e. The lowest BCUT2D eigenvalue weighted by atomic mass is 10.1. The number of benzene rings is 3. The van der Waals surface area contributed by atoms with E-state index >= 15 is 0 Å². The Bertz CT molecular complexity index is 1310. The van der Waals surface area contributed by atoms with Crippen molar-refractivity contribution in [3.8, 4) is 11.5 Å². The molecule has 3 aromatic rings. The molecule has 2 heterocycles. The number of carbonyl (C=O) groups is 2. The van der Waals surface area contributed by atoms with Crippen molar-refractivity contribution in [2.75, 3.05) is 11.5 Å². The van der Waals surface area contributed by atoms with Crippen LogP contribution in [0.25, 0.3) is 6.08 Å². The van der Waals surface area contributed by atoms with Crippen LogP contribution in [-0.2, 0) is 22.7 Å². The lowest BCUT2D eigenvalue weighted by molar-refractivity contribution is -0.121. The third kappa shape index (κ3) is 4.98.